The zero-order chi connectivity index (χ0) is 14.4. The number of ketones is 2. The molecule has 0 bridgehead atoms. The van der Waals surface area contributed by atoms with Gasteiger partial charge < -0.3 is 0 Å². The molecule has 4 nitrogen and oxygen atoms in total. The lowest BCUT2D eigenvalue weighted by Crippen LogP contribution is -2.26. The number of nitriles is 2. The Labute approximate surface area is 110 Å². The summed E-state index contributed by atoms with van der Waals surface area (Å²) in [5, 5.41) is 17.6. The zero-order valence-electron chi connectivity index (χ0n) is 10.3. The van der Waals surface area contributed by atoms with Crippen LogP contribution in [0.5, 0.6) is 0 Å². The summed E-state index contributed by atoms with van der Waals surface area (Å²) >= 11 is 0. The molecule has 96 valence electrons. The van der Waals surface area contributed by atoms with E-state index in [1.807, 2.05) is 0 Å². The second kappa shape index (κ2) is 6.42. The lowest BCUT2D eigenvalue weighted by Gasteiger charge is -2.07. The number of nitrogens with zero attached hydrogens (tertiary/aromatic N) is 2. The predicted octanol–water partition coefficient (Wildman–Crippen LogP) is 2.32. The molecule has 0 N–H and O–H groups in total. The van der Waals surface area contributed by atoms with Crippen LogP contribution in [0.25, 0.3) is 0 Å². The zero-order valence-corrected chi connectivity index (χ0v) is 10.3. The van der Waals surface area contributed by atoms with E-state index in [9.17, 15) is 14.0 Å². The maximum Gasteiger partial charge on any atom is 0.220 e. The van der Waals surface area contributed by atoms with Gasteiger partial charge in [0.2, 0.25) is 12.0 Å². The number of carbonyl (C=O) groups is 2. The Bertz CT molecular complexity index is 596. The molecule has 19 heavy (non-hydrogen) atoms. The average molecular weight is 258 g/mol. The molecule has 0 spiro atoms. The molecule has 1 aromatic rings. The number of rotatable bonds is 5. The van der Waals surface area contributed by atoms with Crippen LogP contribution in [0.3, 0.4) is 0 Å². The quantitative estimate of drug-likeness (QED) is 0.599. The number of halogens is 1. The van der Waals surface area contributed by atoms with Crippen LogP contribution in [-0.4, -0.2) is 17.7 Å². The van der Waals surface area contributed by atoms with Crippen molar-refractivity contribution in [2.24, 2.45) is 0 Å². The van der Waals surface area contributed by atoms with Gasteiger partial charge in [-0.2, -0.15) is 10.5 Å². The van der Waals surface area contributed by atoms with Crippen LogP contribution < -0.4 is 0 Å². The van der Waals surface area contributed by atoms with Crippen molar-refractivity contribution >= 4 is 11.6 Å². The molecule has 0 aliphatic carbocycles. The average Bonchev–Trinajstić information content (AvgIpc) is 2.45. The minimum absolute atomic E-state index is 0.0350. The monoisotopic (exact) mass is 258 g/mol. The Kier molecular flexibility index (Phi) is 4.91. The fourth-order valence-corrected chi connectivity index (χ4v) is 1.57. The summed E-state index contributed by atoms with van der Waals surface area (Å²) in [5.41, 5.74) is -0.132. The highest BCUT2D eigenvalue weighted by Crippen LogP contribution is 2.16. The first-order valence-corrected chi connectivity index (χ1v) is 5.70. The molecule has 0 fully saturated rings. The van der Waals surface area contributed by atoms with E-state index in [2.05, 4.69) is 0 Å². The fraction of sp³-hybridized carbons (Fsp3) is 0.286. The summed E-state index contributed by atoms with van der Waals surface area (Å²) in [7, 11) is 0. The van der Waals surface area contributed by atoms with Crippen molar-refractivity contribution in [3.63, 3.8) is 0 Å². The predicted molar refractivity (Wildman–Crippen MR) is 65.0 cm³/mol. The number of hydrogen-bond donors (Lipinski definition) is 0. The standard InChI is InChI=1S/C14H11FN2O2/c1-2-3-12(18)13(15)14(19)11-6-9(7-16)4-5-10(11)8-17/h4-6,13H,2-3H2,1H3. The highest BCUT2D eigenvalue weighted by Gasteiger charge is 2.28. The molecule has 0 amide bonds. The summed E-state index contributed by atoms with van der Waals surface area (Å²) in [5.74, 6) is -1.87. The Morgan fingerprint density at radius 3 is 2.53 bits per heavy atom. The van der Waals surface area contributed by atoms with Gasteiger partial charge in [0.05, 0.1) is 23.3 Å². The van der Waals surface area contributed by atoms with E-state index in [1.165, 1.54) is 12.1 Å². The molecule has 1 unspecified atom stereocenters. The molecule has 0 heterocycles. The maximum atomic E-state index is 13.7. The van der Waals surface area contributed by atoms with E-state index in [-0.39, 0.29) is 23.1 Å². The van der Waals surface area contributed by atoms with Gasteiger partial charge >= 0.3 is 0 Å². The Balaban J connectivity index is 3.15. The van der Waals surface area contributed by atoms with Gasteiger partial charge in [-0.15, -0.1) is 0 Å². The number of Topliss-reactive ketones (excluding diaryl/α,β-unsaturated/α-hetero) is 2. The van der Waals surface area contributed by atoms with E-state index in [1.54, 1.807) is 19.1 Å². The Morgan fingerprint density at radius 2 is 2.00 bits per heavy atom. The summed E-state index contributed by atoms with van der Waals surface area (Å²) in [6.07, 6.45) is -1.87. The molecule has 0 saturated heterocycles. The smallest absolute Gasteiger partial charge is 0.220 e. The van der Waals surface area contributed by atoms with E-state index in [4.69, 9.17) is 10.5 Å². The van der Waals surface area contributed by atoms with Crippen molar-refractivity contribution in [3.05, 3.63) is 34.9 Å². The first-order chi connectivity index (χ1) is 9.04. The highest BCUT2D eigenvalue weighted by atomic mass is 19.1. The lowest BCUT2D eigenvalue weighted by atomic mass is 9.96. The highest BCUT2D eigenvalue weighted by molar-refractivity contribution is 6.14. The fourth-order valence-electron chi connectivity index (χ4n) is 1.57. The summed E-state index contributed by atoms with van der Waals surface area (Å²) in [4.78, 5) is 23.2. The summed E-state index contributed by atoms with van der Waals surface area (Å²) < 4.78 is 13.7. The third kappa shape index (κ3) is 3.23. The van der Waals surface area contributed by atoms with Gasteiger partial charge in [-0.05, 0) is 24.6 Å². The maximum absolute atomic E-state index is 13.7. The van der Waals surface area contributed by atoms with Crippen molar-refractivity contribution in [2.45, 2.75) is 25.9 Å². The largest absolute Gasteiger partial charge is 0.296 e. The molecule has 0 radical (unpaired) electrons. The Hall–Kier alpha value is -2.53. The second-order valence-corrected chi connectivity index (χ2v) is 3.93. The van der Waals surface area contributed by atoms with Crippen LogP contribution in [0, 0.1) is 22.7 Å². The number of benzene rings is 1. The van der Waals surface area contributed by atoms with E-state index < -0.39 is 17.7 Å². The summed E-state index contributed by atoms with van der Waals surface area (Å²) in [6.45, 7) is 1.70. The van der Waals surface area contributed by atoms with Gasteiger partial charge in [-0.25, -0.2) is 4.39 Å². The lowest BCUT2D eigenvalue weighted by molar-refractivity contribution is -0.122. The van der Waals surface area contributed by atoms with Crippen molar-refractivity contribution < 1.29 is 14.0 Å². The Morgan fingerprint density at radius 1 is 1.32 bits per heavy atom. The van der Waals surface area contributed by atoms with E-state index >= 15 is 0 Å². The van der Waals surface area contributed by atoms with Crippen LogP contribution in [0.1, 0.15) is 41.3 Å². The van der Waals surface area contributed by atoms with Crippen molar-refractivity contribution in [1.82, 2.24) is 0 Å². The van der Waals surface area contributed by atoms with Gasteiger partial charge in [0, 0.05) is 12.0 Å². The van der Waals surface area contributed by atoms with Crippen molar-refractivity contribution in [1.29, 1.82) is 10.5 Å². The molecule has 1 rings (SSSR count). The van der Waals surface area contributed by atoms with Crippen LogP contribution in [0.4, 0.5) is 4.39 Å². The van der Waals surface area contributed by atoms with E-state index in [0.29, 0.717) is 6.42 Å². The molecule has 5 heteroatoms. The van der Waals surface area contributed by atoms with Crippen LogP contribution >= 0.6 is 0 Å². The number of hydrogen-bond acceptors (Lipinski definition) is 4. The van der Waals surface area contributed by atoms with Gasteiger partial charge in [0.25, 0.3) is 0 Å². The molecule has 0 aliphatic heterocycles. The SMILES string of the molecule is CCCC(=O)C(F)C(=O)c1cc(C#N)ccc1C#N. The molecular formula is C14H11FN2O2. The van der Waals surface area contributed by atoms with E-state index in [0.717, 1.165) is 6.07 Å². The van der Waals surface area contributed by atoms with Crippen molar-refractivity contribution in [3.8, 4) is 12.1 Å². The third-order valence-electron chi connectivity index (χ3n) is 2.54. The van der Waals surface area contributed by atoms with Crippen LogP contribution in [0.2, 0.25) is 0 Å². The number of alkyl halides is 1. The normalized spacial score (nSPS) is 11.2. The summed E-state index contributed by atoms with van der Waals surface area (Å²) in [6, 6.07) is 7.30. The minimum atomic E-state index is -2.28. The second-order valence-electron chi connectivity index (χ2n) is 3.93. The first-order valence-electron chi connectivity index (χ1n) is 5.70. The van der Waals surface area contributed by atoms with Crippen LogP contribution in [0.15, 0.2) is 18.2 Å². The van der Waals surface area contributed by atoms with Gasteiger partial charge in [-0.1, -0.05) is 6.92 Å². The molecule has 0 aromatic heterocycles. The molecule has 0 saturated carbocycles. The minimum Gasteiger partial charge on any atom is -0.296 e. The number of carbonyl (C=O) groups excluding carboxylic acids is 2. The molecule has 1 atom stereocenters. The molecule has 1 aromatic carbocycles. The topological polar surface area (TPSA) is 81.7 Å². The molecular weight excluding hydrogens is 247 g/mol. The third-order valence-corrected chi connectivity index (χ3v) is 2.54. The first kappa shape index (κ1) is 14.5. The van der Waals surface area contributed by atoms with Crippen LogP contribution in [-0.2, 0) is 4.79 Å². The van der Waals surface area contributed by atoms with Gasteiger partial charge in [-0.3, -0.25) is 9.59 Å². The van der Waals surface area contributed by atoms with Crippen molar-refractivity contribution in [2.75, 3.05) is 0 Å². The van der Waals surface area contributed by atoms with Gasteiger partial charge in [0.1, 0.15) is 0 Å². The molecule has 0 aliphatic rings. The van der Waals surface area contributed by atoms with Gasteiger partial charge in [0.15, 0.2) is 5.78 Å².